The number of H-pyrrole nitrogens is 1. The molecule has 2 rings (SSSR count). The molecule has 18 heavy (non-hydrogen) atoms. The lowest BCUT2D eigenvalue weighted by Gasteiger charge is -2.09. The van der Waals surface area contributed by atoms with Crippen molar-refractivity contribution in [3.63, 3.8) is 0 Å². The quantitative estimate of drug-likeness (QED) is 0.856. The van der Waals surface area contributed by atoms with Gasteiger partial charge in [-0.05, 0) is 18.1 Å². The molecule has 0 unspecified atom stereocenters. The molecule has 0 saturated carbocycles. The minimum absolute atomic E-state index is 0.0603. The maximum Gasteiger partial charge on any atom is 0.256 e. The van der Waals surface area contributed by atoms with Gasteiger partial charge in [0.25, 0.3) is 5.56 Å². The third-order valence-electron chi connectivity index (χ3n) is 2.69. The maximum absolute atomic E-state index is 11.9. The summed E-state index contributed by atoms with van der Waals surface area (Å²) >= 11 is 0. The zero-order valence-electron chi connectivity index (χ0n) is 10.5. The molecule has 2 heterocycles. The first-order chi connectivity index (χ1) is 8.58. The van der Waals surface area contributed by atoms with Crippen molar-refractivity contribution >= 4 is 5.82 Å². The first-order valence-corrected chi connectivity index (χ1v) is 5.86. The number of pyridine rings is 1. The predicted octanol–water partition coefficient (Wildman–Crippen LogP) is 1.46. The smallest absolute Gasteiger partial charge is 0.256 e. The summed E-state index contributed by atoms with van der Waals surface area (Å²) < 4.78 is 0. The van der Waals surface area contributed by atoms with Crippen LogP contribution in [0.25, 0.3) is 0 Å². The molecule has 3 N–H and O–H groups in total. The van der Waals surface area contributed by atoms with Crippen LogP contribution in [-0.2, 0) is 6.42 Å². The lowest BCUT2D eigenvalue weighted by molar-refractivity contribution is 0.814. The molecular weight excluding hydrogens is 228 g/mol. The zero-order chi connectivity index (χ0) is 13.1. The average Bonchev–Trinajstić information content (AvgIpc) is 2.28. The Morgan fingerprint density at radius 2 is 2.17 bits per heavy atom. The van der Waals surface area contributed by atoms with E-state index in [9.17, 15) is 4.79 Å². The standard InChI is InChI=1S/C13H16N4O/c1-8(2)11-12(14)16-10(17-13(11)18)7-9-5-3-4-6-15-9/h3-6,8H,7H2,1-2H3,(H3,14,16,17,18). The fourth-order valence-electron chi connectivity index (χ4n) is 1.86. The van der Waals surface area contributed by atoms with Crippen LogP contribution in [0.5, 0.6) is 0 Å². The monoisotopic (exact) mass is 244 g/mol. The van der Waals surface area contributed by atoms with Crippen molar-refractivity contribution in [2.24, 2.45) is 0 Å². The Hall–Kier alpha value is -2.17. The normalized spacial score (nSPS) is 10.8. The van der Waals surface area contributed by atoms with Gasteiger partial charge in [0.2, 0.25) is 0 Å². The Morgan fingerprint density at radius 1 is 1.39 bits per heavy atom. The van der Waals surface area contributed by atoms with Gasteiger partial charge in [0, 0.05) is 18.3 Å². The number of nitrogens with one attached hydrogen (secondary N) is 1. The van der Waals surface area contributed by atoms with Crippen LogP contribution in [0.15, 0.2) is 29.2 Å². The summed E-state index contributed by atoms with van der Waals surface area (Å²) in [6.45, 7) is 3.84. The molecule has 0 aromatic carbocycles. The van der Waals surface area contributed by atoms with Crippen LogP contribution in [0.3, 0.4) is 0 Å². The maximum atomic E-state index is 11.9. The van der Waals surface area contributed by atoms with Crippen molar-refractivity contribution in [2.45, 2.75) is 26.2 Å². The Balaban J connectivity index is 2.35. The zero-order valence-corrected chi connectivity index (χ0v) is 10.5. The topological polar surface area (TPSA) is 84.7 Å². The molecule has 0 atom stereocenters. The van der Waals surface area contributed by atoms with Gasteiger partial charge in [0.1, 0.15) is 11.6 Å². The summed E-state index contributed by atoms with van der Waals surface area (Å²) in [4.78, 5) is 23.1. The molecule has 5 heteroatoms. The molecule has 2 aromatic heterocycles. The highest BCUT2D eigenvalue weighted by molar-refractivity contribution is 5.40. The number of nitrogens with two attached hydrogens (primary N) is 1. The number of aromatic amines is 1. The second-order valence-electron chi connectivity index (χ2n) is 4.46. The van der Waals surface area contributed by atoms with Crippen LogP contribution < -0.4 is 11.3 Å². The summed E-state index contributed by atoms with van der Waals surface area (Å²) in [6.07, 6.45) is 2.18. The van der Waals surface area contributed by atoms with Gasteiger partial charge in [-0.1, -0.05) is 19.9 Å². The number of nitrogen functional groups attached to an aromatic ring is 1. The molecule has 0 bridgehead atoms. The molecule has 0 aliphatic rings. The Morgan fingerprint density at radius 3 is 2.72 bits per heavy atom. The van der Waals surface area contributed by atoms with Crippen LogP contribution >= 0.6 is 0 Å². The van der Waals surface area contributed by atoms with E-state index in [2.05, 4.69) is 15.0 Å². The summed E-state index contributed by atoms with van der Waals surface area (Å²) in [5, 5.41) is 0. The summed E-state index contributed by atoms with van der Waals surface area (Å²) in [6, 6.07) is 5.62. The van der Waals surface area contributed by atoms with Crippen LogP contribution in [0, 0.1) is 0 Å². The van der Waals surface area contributed by atoms with Crippen molar-refractivity contribution in [1.82, 2.24) is 15.0 Å². The lowest BCUT2D eigenvalue weighted by atomic mass is 10.1. The van der Waals surface area contributed by atoms with E-state index < -0.39 is 0 Å². The fraction of sp³-hybridized carbons (Fsp3) is 0.308. The van der Waals surface area contributed by atoms with Crippen molar-refractivity contribution in [2.75, 3.05) is 5.73 Å². The molecule has 0 amide bonds. The van der Waals surface area contributed by atoms with Gasteiger partial charge in [-0.2, -0.15) is 0 Å². The Kier molecular flexibility index (Phi) is 3.41. The Bertz CT molecular complexity index is 590. The minimum atomic E-state index is -0.163. The second kappa shape index (κ2) is 5.00. The molecule has 0 fully saturated rings. The number of hydrogen-bond acceptors (Lipinski definition) is 4. The highest BCUT2D eigenvalue weighted by Crippen LogP contribution is 2.15. The van der Waals surface area contributed by atoms with Gasteiger partial charge in [-0.25, -0.2) is 4.98 Å². The summed E-state index contributed by atoms with van der Waals surface area (Å²) in [7, 11) is 0. The van der Waals surface area contributed by atoms with Gasteiger partial charge in [-0.15, -0.1) is 0 Å². The summed E-state index contributed by atoms with van der Waals surface area (Å²) in [5.41, 5.74) is 7.05. The van der Waals surface area contributed by atoms with Crippen LogP contribution in [0.4, 0.5) is 5.82 Å². The molecule has 0 saturated heterocycles. The van der Waals surface area contributed by atoms with E-state index >= 15 is 0 Å². The van der Waals surface area contributed by atoms with E-state index in [1.165, 1.54) is 0 Å². The number of nitrogens with zero attached hydrogens (tertiary/aromatic N) is 2. The highest BCUT2D eigenvalue weighted by atomic mass is 16.1. The van der Waals surface area contributed by atoms with Crippen molar-refractivity contribution < 1.29 is 0 Å². The Labute approximate surface area is 105 Å². The van der Waals surface area contributed by atoms with Crippen LogP contribution in [-0.4, -0.2) is 15.0 Å². The molecule has 94 valence electrons. The van der Waals surface area contributed by atoms with Crippen LogP contribution in [0.2, 0.25) is 0 Å². The van der Waals surface area contributed by atoms with E-state index in [0.29, 0.717) is 23.6 Å². The molecule has 0 radical (unpaired) electrons. The van der Waals surface area contributed by atoms with E-state index in [-0.39, 0.29) is 11.5 Å². The van der Waals surface area contributed by atoms with Crippen LogP contribution in [0.1, 0.15) is 36.8 Å². The molecule has 0 spiro atoms. The third kappa shape index (κ3) is 2.56. The summed E-state index contributed by atoms with van der Waals surface area (Å²) in [5.74, 6) is 0.908. The predicted molar refractivity (Wildman–Crippen MR) is 70.4 cm³/mol. The lowest BCUT2D eigenvalue weighted by Crippen LogP contribution is -2.21. The van der Waals surface area contributed by atoms with Gasteiger partial charge in [0.05, 0.1) is 5.56 Å². The first-order valence-electron chi connectivity index (χ1n) is 5.86. The van der Waals surface area contributed by atoms with Gasteiger partial charge in [-0.3, -0.25) is 9.78 Å². The number of aromatic nitrogens is 3. The first kappa shape index (κ1) is 12.3. The SMILES string of the molecule is CC(C)c1c(N)nc(Cc2ccccn2)[nH]c1=O. The van der Waals surface area contributed by atoms with E-state index in [0.717, 1.165) is 5.69 Å². The second-order valence-corrected chi connectivity index (χ2v) is 4.46. The van der Waals surface area contributed by atoms with Crippen molar-refractivity contribution in [1.29, 1.82) is 0 Å². The van der Waals surface area contributed by atoms with E-state index in [1.807, 2.05) is 32.0 Å². The van der Waals surface area contributed by atoms with Gasteiger partial charge >= 0.3 is 0 Å². The number of rotatable bonds is 3. The molecule has 2 aromatic rings. The molecule has 0 aliphatic carbocycles. The van der Waals surface area contributed by atoms with Gasteiger partial charge in [0.15, 0.2) is 0 Å². The molecular formula is C13H16N4O. The fourth-order valence-corrected chi connectivity index (χ4v) is 1.86. The minimum Gasteiger partial charge on any atom is -0.383 e. The number of anilines is 1. The third-order valence-corrected chi connectivity index (χ3v) is 2.69. The largest absolute Gasteiger partial charge is 0.383 e. The van der Waals surface area contributed by atoms with E-state index in [4.69, 9.17) is 5.73 Å². The number of hydrogen-bond donors (Lipinski definition) is 2. The van der Waals surface area contributed by atoms with Crippen molar-refractivity contribution in [3.8, 4) is 0 Å². The average molecular weight is 244 g/mol. The van der Waals surface area contributed by atoms with E-state index in [1.54, 1.807) is 6.20 Å². The molecule has 0 aliphatic heterocycles. The van der Waals surface area contributed by atoms with Crippen molar-refractivity contribution in [3.05, 3.63) is 51.8 Å². The molecule has 5 nitrogen and oxygen atoms in total. The van der Waals surface area contributed by atoms with Gasteiger partial charge < -0.3 is 10.7 Å². The highest BCUT2D eigenvalue weighted by Gasteiger charge is 2.12.